The topological polar surface area (TPSA) is 54.4 Å². The second-order valence-electron chi connectivity index (χ2n) is 4.41. The predicted octanol–water partition coefficient (Wildman–Crippen LogP) is 1.91. The first-order valence-electron chi connectivity index (χ1n) is 6.59. The van der Waals surface area contributed by atoms with Crippen molar-refractivity contribution in [3.63, 3.8) is 0 Å². The average molecular weight is 284 g/mol. The number of hydrogen-bond donors (Lipinski definition) is 2. The van der Waals surface area contributed by atoms with Crippen LogP contribution in [0.4, 0.5) is 0 Å². The van der Waals surface area contributed by atoms with E-state index in [2.05, 4.69) is 10.3 Å². The fraction of sp³-hybridized carbons (Fsp3) is 0.643. The molecule has 5 heteroatoms. The zero-order chi connectivity index (χ0) is 14.1. The van der Waals surface area contributed by atoms with Crippen LogP contribution in [0.3, 0.4) is 0 Å². The standard InChI is InChI=1S/C14H24N2O2S/c1-11-9-16-13(12(2)14(11)18-3)10-15-5-8-19-7-4-6-17/h9,15,17H,4-8,10H2,1-3H3. The van der Waals surface area contributed by atoms with E-state index >= 15 is 0 Å². The summed E-state index contributed by atoms with van der Waals surface area (Å²) in [7, 11) is 1.70. The van der Waals surface area contributed by atoms with Crippen LogP contribution in [0.5, 0.6) is 5.75 Å². The largest absolute Gasteiger partial charge is 0.496 e. The summed E-state index contributed by atoms with van der Waals surface area (Å²) in [5.41, 5.74) is 3.23. The number of ether oxygens (including phenoxy) is 1. The number of aromatic nitrogens is 1. The number of aryl methyl sites for hydroxylation is 1. The van der Waals surface area contributed by atoms with E-state index in [1.165, 1.54) is 0 Å². The Kier molecular flexibility index (Phi) is 7.86. The maximum absolute atomic E-state index is 8.67. The molecule has 0 aliphatic rings. The summed E-state index contributed by atoms with van der Waals surface area (Å²) in [5.74, 6) is 3.01. The van der Waals surface area contributed by atoms with Gasteiger partial charge in [-0.1, -0.05) is 0 Å². The van der Waals surface area contributed by atoms with Crippen molar-refractivity contribution in [2.24, 2.45) is 0 Å². The molecule has 0 aromatic carbocycles. The normalized spacial score (nSPS) is 10.7. The van der Waals surface area contributed by atoms with E-state index in [0.29, 0.717) is 0 Å². The van der Waals surface area contributed by atoms with Crippen molar-refractivity contribution in [3.8, 4) is 5.75 Å². The lowest BCUT2D eigenvalue weighted by Crippen LogP contribution is -2.18. The van der Waals surface area contributed by atoms with Gasteiger partial charge in [0.25, 0.3) is 0 Å². The molecule has 0 amide bonds. The van der Waals surface area contributed by atoms with Crippen LogP contribution < -0.4 is 10.1 Å². The summed E-state index contributed by atoms with van der Waals surface area (Å²) in [6, 6.07) is 0. The summed E-state index contributed by atoms with van der Waals surface area (Å²) >= 11 is 1.86. The van der Waals surface area contributed by atoms with Crippen LogP contribution in [-0.2, 0) is 6.54 Å². The SMILES string of the molecule is COc1c(C)cnc(CNCCSCCCO)c1C. The highest BCUT2D eigenvalue weighted by atomic mass is 32.2. The van der Waals surface area contributed by atoms with E-state index in [1.54, 1.807) is 7.11 Å². The molecule has 1 rings (SSSR count). The van der Waals surface area contributed by atoms with Crippen LogP contribution in [0.2, 0.25) is 0 Å². The Morgan fingerprint density at radius 2 is 2.16 bits per heavy atom. The molecule has 0 saturated heterocycles. The number of nitrogens with one attached hydrogen (secondary N) is 1. The first-order chi connectivity index (χ1) is 9.20. The van der Waals surface area contributed by atoms with Crippen LogP contribution >= 0.6 is 11.8 Å². The first kappa shape index (κ1) is 16.3. The molecular formula is C14H24N2O2S. The number of nitrogens with zero attached hydrogens (tertiary/aromatic N) is 1. The molecule has 19 heavy (non-hydrogen) atoms. The third-order valence-corrected chi connectivity index (χ3v) is 3.98. The number of aliphatic hydroxyl groups excluding tert-OH is 1. The van der Waals surface area contributed by atoms with Crippen molar-refractivity contribution in [1.29, 1.82) is 0 Å². The molecule has 0 spiro atoms. The molecular weight excluding hydrogens is 260 g/mol. The summed E-state index contributed by atoms with van der Waals surface area (Å²) in [6.45, 7) is 6.06. The third kappa shape index (κ3) is 5.38. The number of pyridine rings is 1. The molecule has 0 bridgehead atoms. The van der Waals surface area contributed by atoms with Gasteiger partial charge in [-0.3, -0.25) is 4.98 Å². The van der Waals surface area contributed by atoms with Crippen LogP contribution in [-0.4, -0.2) is 41.9 Å². The lowest BCUT2D eigenvalue weighted by Gasteiger charge is -2.12. The first-order valence-corrected chi connectivity index (χ1v) is 7.74. The van der Waals surface area contributed by atoms with Gasteiger partial charge < -0.3 is 15.2 Å². The van der Waals surface area contributed by atoms with Gasteiger partial charge in [0.1, 0.15) is 5.75 Å². The lowest BCUT2D eigenvalue weighted by atomic mass is 10.1. The van der Waals surface area contributed by atoms with Gasteiger partial charge in [-0.25, -0.2) is 0 Å². The van der Waals surface area contributed by atoms with Crippen LogP contribution in [0.15, 0.2) is 6.20 Å². The van der Waals surface area contributed by atoms with E-state index in [4.69, 9.17) is 9.84 Å². The third-order valence-electron chi connectivity index (χ3n) is 2.91. The maximum atomic E-state index is 8.67. The van der Waals surface area contributed by atoms with Gasteiger partial charge in [-0.15, -0.1) is 0 Å². The van der Waals surface area contributed by atoms with Crippen LogP contribution in [0.25, 0.3) is 0 Å². The van der Waals surface area contributed by atoms with E-state index in [0.717, 1.165) is 53.6 Å². The van der Waals surface area contributed by atoms with Crippen molar-refractivity contribution in [2.45, 2.75) is 26.8 Å². The summed E-state index contributed by atoms with van der Waals surface area (Å²) < 4.78 is 5.39. The second kappa shape index (κ2) is 9.18. The minimum atomic E-state index is 0.284. The van der Waals surface area contributed by atoms with E-state index in [-0.39, 0.29) is 6.61 Å². The minimum absolute atomic E-state index is 0.284. The highest BCUT2D eigenvalue weighted by Crippen LogP contribution is 2.23. The Labute approximate surface area is 120 Å². The molecule has 0 saturated carbocycles. The van der Waals surface area contributed by atoms with Crippen molar-refractivity contribution in [3.05, 3.63) is 23.0 Å². The summed E-state index contributed by atoms with van der Waals surface area (Å²) in [6.07, 6.45) is 2.74. The predicted molar refractivity (Wildman–Crippen MR) is 81.0 cm³/mol. The number of hydrogen-bond acceptors (Lipinski definition) is 5. The zero-order valence-electron chi connectivity index (χ0n) is 12.0. The van der Waals surface area contributed by atoms with Gasteiger partial charge >= 0.3 is 0 Å². The highest BCUT2D eigenvalue weighted by molar-refractivity contribution is 7.99. The molecule has 0 aliphatic carbocycles. The quantitative estimate of drug-likeness (QED) is 0.679. The second-order valence-corrected chi connectivity index (χ2v) is 5.64. The van der Waals surface area contributed by atoms with Crippen LogP contribution in [0.1, 0.15) is 23.2 Å². The molecule has 108 valence electrons. The molecule has 0 unspecified atom stereocenters. The molecule has 2 N–H and O–H groups in total. The van der Waals surface area contributed by atoms with Crippen molar-refractivity contribution < 1.29 is 9.84 Å². The molecule has 0 atom stereocenters. The van der Waals surface area contributed by atoms with E-state index in [9.17, 15) is 0 Å². The van der Waals surface area contributed by atoms with Crippen LogP contribution in [0, 0.1) is 13.8 Å². The number of aliphatic hydroxyl groups is 1. The molecule has 0 fully saturated rings. The van der Waals surface area contributed by atoms with Gasteiger partial charge in [0.15, 0.2) is 0 Å². The Hall–Kier alpha value is -0.780. The molecule has 1 aromatic heterocycles. The number of rotatable bonds is 9. The average Bonchev–Trinajstić information content (AvgIpc) is 2.40. The molecule has 4 nitrogen and oxygen atoms in total. The molecule has 0 aliphatic heterocycles. The monoisotopic (exact) mass is 284 g/mol. The Balaban J connectivity index is 2.33. The number of methoxy groups -OCH3 is 1. The highest BCUT2D eigenvalue weighted by Gasteiger charge is 2.08. The zero-order valence-corrected chi connectivity index (χ0v) is 12.8. The maximum Gasteiger partial charge on any atom is 0.128 e. The van der Waals surface area contributed by atoms with Gasteiger partial charge in [0.05, 0.1) is 12.8 Å². The fourth-order valence-electron chi connectivity index (χ4n) is 1.87. The summed E-state index contributed by atoms with van der Waals surface area (Å²) in [4.78, 5) is 4.45. The smallest absolute Gasteiger partial charge is 0.128 e. The van der Waals surface area contributed by atoms with Crippen molar-refractivity contribution in [2.75, 3.05) is 31.8 Å². The molecule has 1 heterocycles. The Bertz CT molecular complexity index is 386. The van der Waals surface area contributed by atoms with Crippen molar-refractivity contribution >= 4 is 11.8 Å². The van der Waals surface area contributed by atoms with Gasteiger partial charge in [0.2, 0.25) is 0 Å². The minimum Gasteiger partial charge on any atom is -0.496 e. The van der Waals surface area contributed by atoms with Gasteiger partial charge in [0, 0.05) is 42.8 Å². The molecule has 1 aromatic rings. The fourth-order valence-corrected chi connectivity index (χ4v) is 2.70. The lowest BCUT2D eigenvalue weighted by molar-refractivity contribution is 0.296. The Morgan fingerprint density at radius 3 is 2.84 bits per heavy atom. The van der Waals surface area contributed by atoms with Gasteiger partial charge in [-0.2, -0.15) is 11.8 Å². The van der Waals surface area contributed by atoms with Gasteiger partial charge in [-0.05, 0) is 26.0 Å². The Morgan fingerprint density at radius 1 is 1.37 bits per heavy atom. The number of thioether (sulfide) groups is 1. The van der Waals surface area contributed by atoms with E-state index in [1.807, 2.05) is 31.8 Å². The van der Waals surface area contributed by atoms with Crippen molar-refractivity contribution in [1.82, 2.24) is 10.3 Å². The van der Waals surface area contributed by atoms with E-state index < -0.39 is 0 Å². The molecule has 0 radical (unpaired) electrons. The summed E-state index contributed by atoms with van der Waals surface area (Å²) in [5, 5.41) is 12.1.